The van der Waals surface area contributed by atoms with Gasteiger partial charge >= 0.3 is 7.05 Å². The topological polar surface area (TPSA) is 50.7 Å². The lowest BCUT2D eigenvalue weighted by atomic mass is 9.75. The van der Waals surface area contributed by atoms with Crippen LogP contribution in [0.1, 0.15) is 37.5 Å². The quantitative estimate of drug-likeness (QED) is 0.402. The molecule has 0 fully saturated rings. The summed E-state index contributed by atoms with van der Waals surface area (Å²) in [6, 6.07) is 20.4. The van der Waals surface area contributed by atoms with Crippen LogP contribution >= 0.6 is 0 Å². The molecule has 180 valence electrons. The van der Waals surface area contributed by atoms with Crippen LogP contribution in [-0.4, -0.2) is 27.4 Å². The van der Waals surface area contributed by atoms with Gasteiger partial charge in [-0.25, -0.2) is 0 Å². The number of hydrogen-bond donors (Lipinski definition) is 2. The predicted molar refractivity (Wildman–Crippen MR) is 147 cm³/mol. The number of rotatable bonds is 8. The van der Waals surface area contributed by atoms with Crippen LogP contribution in [0.2, 0.25) is 18.1 Å². The minimum absolute atomic E-state index is 0.162. The number of nitrogens with one attached hydrogen (secondary N) is 1. The standard InChI is InChI=1S/C28H38BNO3Si/c1-20-16-26(33-34(7,8)28(3,4)5)17-21(2)27(20)23-11-9-10-22(18-23)19-32-25-14-12-24(13-15-25)29(31)30-6/h9-18,30-31H,19H2,1-8H3. The predicted octanol–water partition coefficient (Wildman–Crippen LogP) is 5.84. The molecular weight excluding hydrogens is 437 g/mol. The van der Waals surface area contributed by atoms with Crippen molar-refractivity contribution in [1.29, 1.82) is 0 Å². The van der Waals surface area contributed by atoms with Crippen molar-refractivity contribution < 1.29 is 14.2 Å². The molecule has 0 bridgehead atoms. The minimum atomic E-state index is -1.89. The summed E-state index contributed by atoms with van der Waals surface area (Å²) >= 11 is 0. The average molecular weight is 476 g/mol. The van der Waals surface area contributed by atoms with E-state index >= 15 is 0 Å². The molecule has 0 saturated heterocycles. The smallest absolute Gasteiger partial charge is 0.412 e. The van der Waals surface area contributed by atoms with Crippen molar-refractivity contribution in [1.82, 2.24) is 5.23 Å². The van der Waals surface area contributed by atoms with Gasteiger partial charge in [0.2, 0.25) is 8.32 Å². The zero-order valence-electron chi connectivity index (χ0n) is 21.8. The van der Waals surface area contributed by atoms with Gasteiger partial charge in [0.25, 0.3) is 0 Å². The fourth-order valence-corrected chi connectivity index (χ4v) is 4.80. The summed E-state index contributed by atoms with van der Waals surface area (Å²) in [7, 11) is -0.834. The van der Waals surface area contributed by atoms with E-state index in [1.807, 2.05) is 24.3 Å². The molecule has 0 saturated carbocycles. The van der Waals surface area contributed by atoms with Gasteiger partial charge in [0.1, 0.15) is 18.1 Å². The fraction of sp³-hybridized carbons (Fsp3) is 0.357. The Labute approximate surface area is 206 Å². The Morgan fingerprint density at radius 1 is 0.912 bits per heavy atom. The molecule has 0 aliphatic rings. The Balaban J connectivity index is 1.77. The van der Waals surface area contributed by atoms with Crippen LogP contribution in [0.3, 0.4) is 0 Å². The first-order valence-electron chi connectivity index (χ1n) is 11.9. The summed E-state index contributed by atoms with van der Waals surface area (Å²) in [6.07, 6.45) is 0. The molecule has 0 aliphatic heterocycles. The first-order valence-corrected chi connectivity index (χ1v) is 14.8. The summed E-state index contributed by atoms with van der Waals surface area (Å²) in [6.45, 7) is 16.2. The Hall–Kier alpha value is -2.54. The van der Waals surface area contributed by atoms with Crippen LogP contribution in [0, 0.1) is 13.8 Å². The van der Waals surface area contributed by atoms with E-state index in [9.17, 15) is 5.02 Å². The molecule has 0 heterocycles. The monoisotopic (exact) mass is 475 g/mol. The third-order valence-electron chi connectivity index (χ3n) is 6.78. The molecule has 3 aromatic carbocycles. The molecule has 0 unspecified atom stereocenters. The number of aryl methyl sites for hydroxylation is 2. The maximum Gasteiger partial charge on any atom is 0.412 e. The molecule has 3 rings (SSSR count). The van der Waals surface area contributed by atoms with E-state index in [2.05, 4.69) is 89.3 Å². The third-order valence-corrected chi connectivity index (χ3v) is 11.1. The van der Waals surface area contributed by atoms with Gasteiger partial charge in [-0.3, -0.25) is 0 Å². The Bertz CT molecular complexity index is 1100. The minimum Gasteiger partial charge on any atom is -0.543 e. The lowest BCUT2D eigenvalue weighted by molar-refractivity contribution is 0.306. The Morgan fingerprint density at radius 3 is 2.09 bits per heavy atom. The number of benzene rings is 3. The van der Waals surface area contributed by atoms with Gasteiger partial charge in [0, 0.05) is 0 Å². The van der Waals surface area contributed by atoms with Crippen molar-refractivity contribution in [3.05, 3.63) is 77.4 Å². The lowest BCUT2D eigenvalue weighted by Gasteiger charge is -2.36. The van der Waals surface area contributed by atoms with E-state index in [1.165, 1.54) is 22.3 Å². The molecule has 0 aliphatic carbocycles. The highest BCUT2D eigenvalue weighted by Crippen LogP contribution is 2.39. The van der Waals surface area contributed by atoms with Crippen LogP contribution in [0.15, 0.2) is 60.7 Å². The zero-order valence-corrected chi connectivity index (χ0v) is 22.8. The van der Waals surface area contributed by atoms with Crippen LogP contribution in [0.5, 0.6) is 11.5 Å². The van der Waals surface area contributed by atoms with Gasteiger partial charge in [0.05, 0.1) is 0 Å². The zero-order chi connectivity index (χ0) is 25.1. The summed E-state index contributed by atoms with van der Waals surface area (Å²) in [5.41, 5.74) is 6.77. The summed E-state index contributed by atoms with van der Waals surface area (Å²) in [5, 5.41) is 12.8. The normalized spacial score (nSPS) is 11.9. The van der Waals surface area contributed by atoms with Crippen LogP contribution in [0.25, 0.3) is 11.1 Å². The molecule has 0 atom stereocenters. The van der Waals surface area contributed by atoms with E-state index in [0.29, 0.717) is 6.61 Å². The highest BCUT2D eigenvalue weighted by Gasteiger charge is 2.39. The maximum atomic E-state index is 9.86. The third kappa shape index (κ3) is 6.12. The van der Waals surface area contributed by atoms with Gasteiger partial charge in [-0.05, 0) is 103 Å². The van der Waals surface area contributed by atoms with Gasteiger partial charge in [-0.2, -0.15) is 0 Å². The fourth-order valence-electron chi connectivity index (χ4n) is 3.78. The summed E-state index contributed by atoms with van der Waals surface area (Å²) in [5.74, 6) is 1.74. The first-order chi connectivity index (χ1) is 15.9. The molecule has 3 aromatic rings. The van der Waals surface area contributed by atoms with Gasteiger partial charge < -0.3 is 19.4 Å². The van der Waals surface area contributed by atoms with Crippen molar-refractivity contribution in [3.63, 3.8) is 0 Å². The van der Waals surface area contributed by atoms with Gasteiger partial charge in [-0.15, -0.1) is 0 Å². The summed E-state index contributed by atoms with van der Waals surface area (Å²) in [4.78, 5) is 0. The molecule has 0 amide bonds. The van der Waals surface area contributed by atoms with E-state index in [1.54, 1.807) is 7.05 Å². The van der Waals surface area contributed by atoms with E-state index in [-0.39, 0.29) is 5.04 Å². The Kier molecular flexibility index (Phi) is 7.96. The summed E-state index contributed by atoms with van der Waals surface area (Å²) < 4.78 is 12.6. The molecule has 0 aromatic heterocycles. The Morgan fingerprint density at radius 2 is 1.53 bits per heavy atom. The van der Waals surface area contributed by atoms with Crippen LogP contribution in [-0.2, 0) is 6.61 Å². The molecule has 0 radical (unpaired) electrons. The average Bonchev–Trinajstić information content (AvgIpc) is 2.76. The largest absolute Gasteiger partial charge is 0.543 e. The van der Waals surface area contributed by atoms with Crippen molar-refractivity contribution in [2.45, 2.75) is 59.4 Å². The van der Waals surface area contributed by atoms with E-state index < -0.39 is 15.4 Å². The van der Waals surface area contributed by atoms with Crippen molar-refractivity contribution in [2.24, 2.45) is 0 Å². The lowest BCUT2D eigenvalue weighted by Crippen LogP contribution is -2.43. The highest BCUT2D eigenvalue weighted by atomic mass is 28.4. The number of ether oxygens (including phenoxy) is 1. The van der Waals surface area contributed by atoms with E-state index in [4.69, 9.17) is 9.16 Å². The van der Waals surface area contributed by atoms with Gasteiger partial charge in [0.15, 0.2) is 0 Å². The molecular formula is C28H38BNO3Si. The first kappa shape index (κ1) is 26.1. The highest BCUT2D eigenvalue weighted by molar-refractivity contribution is 6.74. The molecule has 4 nitrogen and oxygen atoms in total. The van der Waals surface area contributed by atoms with Crippen molar-refractivity contribution >= 4 is 20.8 Å². The molecule has 2 N–H and O–H groups in total. The SMILES string of the molecule is CNB(O)c1ccc(OCc2cccc(-c3c(C)cc(O[Si](C)(C)C(C)(C)C)cc3C)c2)cc1. The van der Waals surface area contributed by atoms with Crippen molar-refractivity contribution in [3.8, 4) is 22.6 Å². The molecule has 34 heavy (non-hydrogen) atoms. The second-order valence-electron chi connectivity index (χ2n) is 10.5. The van der Waals surface area contributed by atoms with Crippen LogP contribution in [0.4, 0.5) is 0 Å². The second kappa shape index (κ2) is 10.4. The van der Waals surface area contributed by atoms with Crippen LogP contribution < -0.4 is 19.9 Å². The second-order valence-corrected chi connectivity index (χ2v) is 15.3. The maximum absolute atomic E-state index is 9.86. The van der Waals surface area contributed by atoms with Crippen molar-refractivity contribution in [2.75, 3.05) is 7.05 Å². The molecule has 0 spiro atoms. The van der Waals surface area contributed by atoms with E-state index in [0.717, 1.165) is 22.5 Å². The molecule has 6 heteroatoms. The van der Waals surface area contributed by atoms with Gasteiger partial charge in [-0.1, -0.05) is 51.1 Å². The number of hydrogen-bond acceptors (Lipinski definition) is 4.